The first kappa shape index (κ1) is 11.1. The zero-order valence-corrected chi connectivity index (χ0v) is 10.2. The van der Waals surface area contributed by atoms with E-state index in [1.54, 1.807) is 0 Å². The predicted molar refractivity (Wildman–Crippen MR) is 67.6 cm³/mol. The highest BCUT2D eigenvalue weighted by atomic mass is 14.9. The van der Waals surface area contributed by atoms with E-state index >= 15 is 0 Å². The van der Waals surface area contributed by atoms with Gasteiger partial charge in [-0.3, -0.25) is 0 Å². The summed E-state index contributed by atoms with van der Waals surface area (Å²) in [6.45, 7) is 5.20. The van der Waals surface area contributed by atoms with Crippen molar-refractivity contribution in [2.75, 3.05) is 7.05 Å². The molecule has 0 aliphatic heterocycles. The van der Waals surface area contributed by atoms with Crippen molar-refractivity contribution in [2.24, 2.45) is 0 Å². The lowest BCUT2D eigenvalue weighted by Crippen LogP contribution is -2.05. The van der Waals surface area contributed by atoms with Crippen LogP contribution in [0.1, 0.15) is 30.3 Å². The van der Waals surface area contributed by atoms with Gasteiger partial charge >= 0.3 is 0 Å². The smallest absolute Gasteiger partial charge is 0.107 e. The van der Waals surface area contributed by atoms with Crippen molar-refractivity contribution in [1.82, 2.24) is 15.3 Å². The Bertz CT molecular complexity index is 485. The molecule has 1 heterocycles. The lowest BCUT2D eigenvalue weighted by molar-refractivity contribution is 0.818. The molecule has 0 saturated carbocycles. The molecule has 0 amide bonds. The predicted octanol–water partition coefficient (Wildman–Crippen LogP) is 2.54. The maximum Gasteiger partial charge on any atom is 0.107 e. The third-order valence-corrected chi connectivity index (χ3v) is 2.75. The van der Waals surface area contributed by atoms with Crippen LogP contribution in [0.2, 0.25) is 0 Å². The van der Waals surface area contributed by atoms with Crippen molar-refractivity contribution < 1.29 is 0 Å². The first-order valence-corrected chi connectivity index (χ1v) is 5.87. The number of fused-ring (bicyclic) bond motifs is 1. The van der Waals surface area contributed by atoms with Crippen molar-refractivity contribution in [2.45, 2.75) is 33.2 Å². The van der Waals surface area contributed by atoms with Crippen LogP contribution in [0.4, 0.5) is 0 Å². The fourth-order valence-electron chi connectivity index (χ4n) is 2.08. The fourth-order valence-corrected chi connectivity index (χ4v) is 2.08. The highest BCUT2D eigenvalue weighted by molar-refractivity contribution is 5.79. The number of nitrogens with one attached hydrogen (secondary N) is 2. The van der Waals surface area contributed by atoms with Gasteiger partial charge < -0.3 is 10.3 Å². The highest BCUT2D eigenvalue weighted by Crippen LogP contribution is 2.19. The van der Waals surface area contributed by atoms with Crippen molar-refractivity contribution >= 4 is 11.0 Å². The standard InChI is InChI=1S/C13H19N3/c1-4-5-12-15-11-7-10(8-14-3)6-9(2)13(11)16-12/h6-7,14H,4-5,8H2,1-3H3,(H,15,16). The molecule has 0 fully saturated rings. The van der Waals surface area contributed by atoms with E-state index in [1.807, 2.05) is 7.05 Å². The molecule has 0 spiro atoms. The summed E-state index contributed by atoms with van der Waals surface area (Å²) in [4.78, 5) is 8.02. The second-order valence-corrected chi connectivity index (χ2v) is 4.27. The largest absolute Gasteiger partial charge is 0.342 e. The van der Waals surface area contributed by atoms with Crippen molar-refractivity contribution in [3.63, 3.8) is 0 Å². The number of imidazole rings is 1. The third kappa shape index (κ3) is 2.09. The minimum atomic E-state index is 0.902. The van der Waals surface area contributed by atoms with Crippen LogP contribution in [0.5, 0.6) is 0 Å². The number of H-pyrrole nitrogens is 1. The molecule has 1 aromatic heterocycles. The average Bonchev–Trinajstić information content (AvgIpc) is 2.62. The number of nitrogens with zero attached hydrogens (tertiary/aromatic N) is 1. The van der Waals surface area contributed by atoms with E-state index < -0.39 is 0 Å². The molecule has 16 heavy (non-hydrogen) atoms. The van der Waals surface area contributed by atoms with Crippen molar-refractivity contribution in [1.29, 1.82) is 0 Å². The number of aromatic nitrogens is 2. The van der Waals surface area contributed by atoms with Gasteiger partial charge in [0.05, 0.1) is 11.0 Å². The maximum atomic E-state index is 4.63. The molecule has 2 aromatic rings. The highest BCUT2D eigenvalue weighted by Gasteiger charge is 2.06. The van der Waals surface area contributed by atoms with Crippen LogP contribution in [-0.4, -0.2) is 17.0 Å². The SMILES string of the molecule is CCCc1nc2c(C)cc(CNC)cc2[nH]1. The van der Waals surface area contributed by atoms with Gasteiger partial charge in [-0.25, -0.2) is 4.98 Å². The first-order valence-electron chi connectivity index (χ1n) is 5.87. The van der Waals surface area contributed by atoms with Crippen LogP contribution in [0, 0.1) is 6.92 Å². The van der Waals surface area contributed by atoms with Crippen LogP contribution < -0.4 is 5.32 Å². The average molecular weight is 217 g/mol. The monoisotopic (exact) mass is 217 g/mol. The molecular formula is C13H19N3. The summed E-state index contributed by atoms with van der Waals surface area (Å²) in [6, 6.07) is 4.39. The quantitative estimate of drug-likeness (QED) is 0.826. The molecule has 0 radical (unpaired) electrons. The number of aryl methyl sites for hydroxylation is 2. The number of benzene rings is 1. The van der Waals surface area contributed by atoms with Gasteiger partial charge in [-0.1, -0.05) is 13.0 Å². The molecular weight excluding hydrogens is 198 g/mol. The number of hydrogen-bond donors (Lipinski definition) is 2. The van der Waals surface area contributed by atoms with Crippen LogP contribution in [0.3, 0.4) is 0 Å². The van der Waals surface area contributed by atoms with E-state index in [2.05, 4.69) is 41.3 Å². The Morgan fingerprint density at radius 2 is 2.19 bits per heavy atom. The molecule has 2 rings (SSSR count). The molecule has 0 aliphatic carbocycles. The summed E-state index contributed by atoms with van der Waals surface area (Å²) in [5.41, 5.74) is 4.83. The summed E-state index contributed by atoms with van der Waals surface area (Å²) < 4.78 is 0. The fraction of sp³-hybridized carbons (Fsp3) is 0.462. The Morgan fingerprint density at radius 3 is 2.88 bits per heavy atom. The summed E-state index contributed by atoms with van der Waals surface area (Å²) in [7, 11) is 1.97. The topological polar surface area (TPSA) is 40.7 Å². The molecule has 86 valence electrons. The summed E-state index contributed by atoms with van der Waals surface area (Å²) in [6.07, 6.45) is 2.15. The lowest BCUT2D eigenvalue weighted by Gasteiger charge is -2.02. The van der Waals surface area contributed by atoms with Crippen LogP contribution in [0.25, 0.3) is 11.0 Å². The van der Waals surface area contributed by atoms with Crippen molar-refractivity contribution in [3.05, 3.63) is 29.1 Å². The third-order valence-electron chi connectivity index (χ3n) is 2.75. The lowest BCUT2D eigenvalue weighted by atomic mass is 10.1. The van der Waals surface area contributed by atoms with Gasteiger partial charge in [-0.05, 0) is 37.6 Å². The molecule has 0 atom stereocenters. The van der Waals surface area contributed by atoms with Gasteiger partial charge in [0.15, 0.2) is 0 Å². The van der Waals surface area contributed by atoms with Crippen LogP contribution in [0.15, 0.2) is 12.1 Å². The second-order valence-electron chi connectivity index (χ2n) is 4.27. The molecule has 2 N–H and O–H groups in total. The van der Waals surface area contributed by atoms with E-state index in [1.165, 1.54) is 11.1 Å². The van der Waals surface area contributed by atoms with Crippen LogP contribution in [-0.2, 0) is 13.0 Å². The molecule has 1 aromatic carbocycles. The first-order chi connectivity index (χ1) is 7.74. The Hall–Kier alpha value is -1.35. The Kier molecular flexibility index (Phi) is 3.25. The van der Waals surface area contributed by atoms with Gasteiger partial charge in [0.25, 0.3) is 0 Å². The zero-order valence-electron chi connectivity index (χ0n) is 10.2. The van der Waals surface area contributed by atoms with Gasteiger partial charge in [-0.2, -0.15) is 0 Å². The Morgan fingerprint density at radius 1 is 1.38 bits per heavy atom. The molecule has 0 unspecified atom stereocenters. The minimum absolute atomic E-state index is 0.902. The summed E-state index contributed by atoms with van der Waals surface area (Å²) in [5, 5.41) is 3.17. The van der Waals surface area contributed by atoms with E-state index in [0.29, 0.717) is 0 Å². The minimum Gasteiger partial charge on any atom is -0.342 e. The second kappa shape index (κ2) is 4.66. The molecule has 0 saturated heterocycles. The number of rotatable bonds is 4. The van der Waals surface area contributed by atoms with E-state index in [9.17, 15) is 0 Å². The number of hydrogen-bond acceptors (Lipinski definition) is 2. The van der Waals surface area contributed by atoms with E-state index in [0.717, 1.165) is 36.2 Å². The Labute approximate surface area is 96.3 Å². The summed E-state index contributed by atoms with van der Waals surface area (Å²) >= 11 is 0. The molecule has 0 bridgehead atoms. The summed E-state index contributed by atoms with van der Waals surface area (Å²) in [5.74, 6) is 1.10. The number of aromatic amines is 1. The maximum absolute atomic E-state index is 4.63. The Balaban J connectivity index is 2.45. The van der Waals surface area contributed by atoms with E-state index in [-0.39, 0.29) is 0 Å². The van der Waals surface area contributed by atoms with E-state index in [4.69, 9.17) is 0 Å². The van der Waals surface area contributed by atoms with Crippen molar-refractivity contribution in [3.8, 4) is 0 Å². The van der Waals surface area contributed by atoms with Crippen LogP contribution >= 0.6 is 0 Å². The zero-order chi connectivity index (χ0) is 11.5. The van der Waals surface area contributed by atoms with Gasteiger partial charge in [0, 0.05) is 13.0 Å². The molecule has 3 heteroatoms. The molecule has 0 aliphatic rings. The van der Waals surface area contributed by atoms with Gasteiger partial charge in [0.1, 0.15) is 5.82 Å². The normalized spacial score (nSPS) is 11.2. The van der Waals surface area contributed by atoms with Gasteiger partial charge in [0.2, 0.25) is 0 Å². The molecule has 3 nitrogen and oxygen atoms in total. The van der Waals surface area contributed by atoms with Gasteiger partial charge in [-0.15, -0.1) is 0 Å².